The quantitative estimate of drug-likeness (QED) is 0.669. The molecule has 4 saturated carbocycles. The van der Waals surface area contributed by atoms with Gasteiger partial charge in [0, 0.05) is 56.4 Å². The zero-order valence-corrected chi connectivity index (χ0v) is 19.7. The minimum absolute atomic E-state index is 0.0793. The van der Waals surface area contributed by atoms with Crippen molar-refractivity contribution in [3.8, 4) is 0 Å². The maximum absolute atomic E-state index is 13.6. The Balaban J connectivity index is 2.30. The highest BCUT2D eigenvalue weighted by Crippen LogP contribution is 2.75. The summed E-state index contributed by atoms with van der Waals surface area (Å²) in [7, 11) is 13.7. The highest BCUT2D eigenvalue weighted by molar-refractivity contribution is 5.96. The van der Waals surface area contributed by atoms with Crippen LogP contribution in [0.4, 0.5) is 0 Å². The van der Waals surface area contributed by atoms with E-state index >= 15 is 0 Å². The first-order chi connectivity index (χ1) is 13.7. The van der Waals surface area contributed by atoms with E-state index in [1.54, 1.807) is 76.0 Å². The van der Waals surface area contributed by atoms with Gasteiger partial charge >= 0.3 is 0 Å². The van der Waals surface area contributed by atoms with Gasteiger partial charge in [-0.05, 0) is 38.5 Å². The molecule has 4 aliphatic carbocycles. The van der Waals surface area contributed by atoms with Gasteiger partial charge in [-0.2, -0.15) is 0 Å². The number of carbonyl (C=O) groups excluding carboxylic acids is 4. The second kappa shape index (κ2) is 6.69. The summed E-state index contributed by atoms with van der Waals surface area (Å²) in [6.45, 7) is 0. The molecule has 0 saturated heterocycles. The highest BCUT2D eigenvalue weighted by Gasteiger charge is 2.76. The van der Waals surface area contributed by atoms with E-state index in [1.165, 1.54) is 0 Å². The third-order valence-electron chi connectivity index (χ3n) is 7.50. The summed E-state index contributed by atoms with van der Waals surface area (Å²) in [6, 6.07) is 0. The van der Waals surface area contributed by atoms with Crippen LogP contribution >= 0.6 is 0 Å². The van der Waals surface area contributed by atoms with Crippen LogP contribution in [0.15, 0.2) is 0 Å². The average molecular weight is 421 g/mol. The van der Waals surface area contributed by atoms with Crippen LogP contribution in [-0.4, -0.2) is 99.6 Å². The Labute approximate surface area is 179 Å². The number of carbonyl (C=O) groups is 4. The van der Waals surface area contributed by atoms with E-state index in [1.807, 2.05) is 0 Å². The van der Waals surface area contributed by atoms with Crippen LogP contribution in [-0.2, 0) is 19.2 Å². The van der Waals surface area contributed by atoms with Gasteiger partial charge < -0.3 is 19.6 Å². The Morgan fingerprint density at radius 1 is 0.400 bits per heavy atom. The summed E-state index contributed by atoms with van der Waals surface area (Å²) in [5, 5.41) is 0. The van der Waals surface area contributed by atoms with Gasteiger partial charge in [0.25, 0.3) is 0 Å². The lowest BCUT2D eigenvalue weighted by Gasteiger charge is -2.68. The molecule has 0 radical (unpaired) electrons. The molecule has 0 N–H and O–H groups in total. The van der Waals surface area contributed by atoms with E-state index in [2.05, 4.69) is 0 Å². The van der Waals surface area contributed by atoms with Crippen molar-refractivity contribution in [2.45, 2.75) is 38.5 Å². The first-order valence-electron chi connectivity index (χ1n) is 10.5. The maximum atomic E-state index is 13.6. The first-order valence-corrected chi connectivity index (χ1v) is 10.5. The van der Waals surface area contributed by atoms with Crippen molar-refractivity contribution in [1.82, 2.24) is 19.6 Å². The number of rotatable bonds is 4. The molecule has 0 aromatic rings. The maximum Gasteiger partial charge on any atom is 0.228 e. The third kappa shape index (κ3) is 2.94. The molecule has 4 rings (SSSR count). The molecule has 8 heteroatoms. The van der Waals surface area contributed by atoms with Crippen molar-refractivity contribution in [1.29, 1.82) is 0 Å². The molecule has 0 atom stereocenters. The fourth-order valence-corrected chi connectivity index (χ4v) is 7.44. The topological polar surface area (TPSA) is 81.2 Å². The SMILES string of the molecule is CN(C)C(=O)C12CC3(C(=O)N(C)C)CC(C(=O)N(C)C)(C1)CC(C(=O)N(C)C)(C2)C3. The van der Waals surface area contributed by atoms with Crippen molar-refractivity contribution >= 4 is 23.6 Å². The van der Waals surface area contributed by atoms with Crippen LogP contribution in [0, 0.1) is 21.7 Å². The molecule has 0 aliphatic heterocycles. The Kier molecular flexibility index (Phi) is 5.03. The number of amides is 4. The smallest absolute Gasteiger partial charge is 0.228 e. The Bertz CT molecular complexity index is 633. The second-order valence-corrected chi connectivity index (χ2v) is 11.0. The molecule has 4 aliphatic rings. The molecule has 0 spiro atoms. The van der Waals surface area contributed by atoms with Gasteiger partial charge in [-0.15, -0.1) is 0 Å². The van der Waals surface area contributed by atoms with Crippen molar-refractivity contribution in [3.63, 3.8) is 0 Å². The van der Waals surface area contributed by atoms with E-state index in [4.69, 9.17) is 0 Å². The monoisotopic (exact) mass is 420 g/mol. The van der Waals surface area contributed by atoms with Crippen molar-refractivity contribution in [3.05, 3.63) is 0 Å². The fourth-order valence-electron chi connectivity index (χ4n) is 7.44. The van der Waals surface area contributed by atoms with Crippen molar-refractivity contribution in [2.75, 3.05) is 56.4 Å². The first kappa shape index (κ1) is 22.6. The lowest BCUT2D eigenvalue weighted by Crippen LogP contribution is -2.71. The standard InChI is InChI=1S/C22H36N4O4/c1-23(2)15(27)19-9-20(16(28)24(3)4)12-21(10-19,17(29)25(5)6)14-22(11-19,13-20)18(30)26(7)8/h9-14H2,1-8H3. The summed E-state index contributed by atoms with van der Waals surface area (Å²) in [5.41, 5.74) is -3.55. The third-order valence-corrected chi connectivity index (χ3v) is 7.50. The van der Waals surface area contributed by atoms with E-state index < -0.39 is 21.7 Å². The molecule has 4 amide bonds. The molecule has 0 aromatic carbocycles. The number of hydrogen-bond donors (Lipinski definition) is 0. The predicted molar refractivity (Wildman–Crippen MR) is 112 cm³/mol. The molecule has 168 valence electrons. The van der Waals surface area contributed by atoms with Gasteiger partial charge in [-0.25, -0.2) is 0 Å². The Morgan fingerprint density at radius 2 is 0.533 bits per heavy atom. The van der Waals surface area contributed by atoms with Gasteiger partial charge in [-0.1, -0.05) is 0 Å². The zero-order valence-electron chi connectivity index (χ0n) is 19.7. The molecule has 8 nitrogen and oxygen atoms in total. The molecule has 30 heavy (non-hydrogen) atoms. The summed E-state index contributed by atoms with van der Waals surface area (Å²) in [5.74, 6) is -0.317. The van der Waals surface area contributed by atoms with Crippen LogP contribution in [0.25, 0.3) is 0 Å². The van der Waals surface area contributed by atoms with Crippen LogP contribution < -0.4 is 0 Å². The average Bonchev–Trinajstić information content (AvgIpc) is 2.63. The van der Waals surface area contributed by atoms with E-state index in [-0.39, 0.29) is 23.6 Å². The molecule has 0 aromatic heterocycles. The summed E-state index contributed by atoms with van der Waals surface area (Å²) >= 11 is 0. The Morgan fingerprint density at radius 3 is 0.633 bits per heavy atom. The molecule has 4 fully saturated rings. The van der Waals surface area contributed by atoms with Gasteiger partial charge in [0.2, 0.25) is 23.6 Å². The van der Waals surface area contributed by atoms with E-state index in [0.717, 1.165) is 0 Å². The van der Waals surface area contributed by atoms with Gasteiger partial charge in [-0.3, -0.25) is 19.2 Å². The van der Waals surface area contributed by atoms with E-state index in [0.29, 0.717) is 38.5 Å². The normalized spacial score (nSPS) is 36.3. The summed E-state index contributed by atoms with van der Waals surface area (Å²) in [6.07, 6.45) is 2.41. The lowest BCUT2D eigenvalue weighted by molar-refractivity contribution is -0.218. The van der Waals surface area contributed by atoms with Gasteiger partial charge in [0.1, 0.15) is 0 Å². The molecular weight excluding hydrogens is 384 g/mol. The van der Waals surface area contributed by atoms with Gasteiger partial charge in [0.05, 0.1) is 21.7 Å². The number of nitrogens with zero attached hydrogens (tertiary/aromatic N) is 4. The minimum Gasteiger partial charge on any atom is -0.348 e. The fraction of sp³-hybridized carbons (Fsp3) is 0.818. The summed E-state index contributed by atoms with van der Waals surface area (Å²) < 4.78 is 0. The molecular formula is C22H36N4O4. The van der Waals surface area contributed by atoms with Crippen molar-refractivity contribution in [2.24, 2.45) is 21.7 Å². The van der Waals surface area contributed by atoms with Crippen LogP contribution in [0.2, 0.25) is 0 Å². The Hall–Kier alpha value is -2.12. The van der Waals surface area contributed by atoms with Crippen LogP contribution in [0.3, 0.4) is 0 Å². The van der Waals surface area contributed by atoms with Gasteiger partial charge in [0.15, 0.2) is 0 Å². The molecule has 4 bridgehead atoms. The second-order valence-electron chi connectivity index (χ2n) is 11.0. The minimum atomic E-state index is -0.888. The van der Waals surface area contributed by atoms with Crippen LogP contribution in [0.1, 0.15) is 38.5 Å². The van der Waals surface area contributed by atoms with Crippen LogP contribution in [0.5, 0.6) is 0 Å². The highest BCUT2D eigenvalue weighted by atomic mass is 16.2. The largest absolute Gasteiger partial charge is 0.348 e. The van der Waals surface area contributed by atoms with E-state index in [9.17, 15) is 19.2 Å². The lowest BCUT2D eigenvalue weighted by atomic mass is 9.34. The summed E-state index contributed by atoms with van der Waals surface area (Å²) in [4.78, 5) is 60.4. The number of hydrogen-bond acceptors (Lipinski definition) is 4. The molecule has 0 unspecified atom stereocenters. The molecule has 0 heterocycles. The predicted octanol–water partition coefficient (Wildman–Crippen LogP) is 0.666. The zero-order chi connectivity index (χ0) is 22.9. The van der Waals surface area contributed by atoms with Crippen molar-refractivity contribution < 1.29 is 19.2 Å².